The molecule has 0 aliphatic carbocycles. The van der Waals surface area contributed by atoms with Gasteiger partial charge in [0.05, 0.1) is 38.4 Å². The van der Waals surface area contributed by atoms with Crippen LogP contribution >= 0.6 is 0 Å². The predicted molar refractivity (Wildman–Crippen MR) is 114 cm³/mol. The van der Waals surface area contributed by atoms with E-state index in [1.165, 1.54) is 7.11 Å². The van der Waals surface area contributed by atoms with Crippen LogP contribution in [0.3, 0.4) is 0 Å². The molecule has 0 spiro atoms. The van der Waals surface area contributed by atoms with Gasteiger partial charge in [-0.25, -0.2) is 4.79 Å². The Morgan fingerprint density at radius 1 is 1.22 bits per heavy atom. The van der Waals surface area contributed by atoms with Gasteiger partial charge in [0.2, 0.25) is 5.88 Å². The fraction of sp³-hybridized carbons (Fsp3) is 0.435. The van der Waals surface area contributed by atoms with Crippen molar-refractivity contribution in [3.05, 3.63) is 46.6 Å². The highest BCUT2D eigenvalue weighted by Gasteiger charge is 2.38. The van der Waals surface area contributed by atoms with E-state index < -0.39 is 11.9 Å². The minimum Gasteiger partial charge on any atom is -0.493 e. The number of hydrogen-bond acceptors (Lipinski definition) is 9. The molecule has 0 saturated carbocycles. The average molecular weight is 444 g/mol. The number of esters is 2. The molecule has 32 heavy (non-hydrogen) atoms. The van der Waals surface area contributed by atoms with E-state index >= 15 is 0 Å². The quantitative estimate of drug-likeness (QED) is 0.427. The lowest BCUT2D eigenvalue weighted by atomic mass is 9.82. The molecule has 9 nitrogen and oxygen atoms in total. The first-order valence-electron chi connectivity index (χ1n) is 10.3. The summed E-state index contributed by atoms with van der Waals surface area (Å²) in [5.41, 5.74) is 6.68. The maximum atomic E-state index is 12.8. The molecular weight excluding hydrogens is 416 g/mol. The molecule has 0 saturated heterocycles. The van der Waals surface area contributed by atoms with E-state index in [2.05, 4.69) is 0 Å². The molecule has 1 atom stereocenters. The molecule has 1 aliphatic rings. The molecule has 172 valence electrons. The Hall–Kier alpha value is -3.67. The second-order valence-electron chi connectivity index (χ2n) is 6.75. The van der Waals surface area contributed by atoms with Gasteiger partial charge in [0, 0.05) is 12.0 Å². The Morgan fingerprint density at radius 3 is 2.56 bits per heavy atom. The number of para-hydroxylation sites is 1. The Kier molecular flexibility index (Phi) is 8.95. The fourth-order valence-corrected chi connectivity index (χ4v) is 3.37. The molecular formula is C23H28N2O7. The van der Waals surface area contributed by atoms with Crippen LogP contribution in [0.15, 0.2) is 41.0 Å². The van der Waals surface area contributed by atoms with E-state index in [1.807, 2.05) is 6.07 Å². The molecule has 1 aliphatic heterocycles. The number of rotatable bonds is 10. The zero-order chi connectivity index (χ0) is 23.7. The number of allylic oxidation sites excluding steroid dienone is 2. The van der Waals surface area contributed by atoms with Crippen LogP contribution in [0.2, 0.25) is 0 Å². The first-order chi connectivity index (χ1) is 15.4. The second-order valence-corrected chi connectivity index (χ2v) is 6.75. The lowest BCUT2D eigenvalue weighted by Crippen LogP contribution is -2.26. The van der Waals surface area contributed by atoms with Gasteiger partial charge < -0.3 is 29.4 Å². The molecule has 2 N–H and O–H groups in total. The molecule has 0 amide bonds. The van der Waals surface area contributed by atoms with Gasteiger partial charge in [-0.2, -0.15) is 5.26 Å². The molecule has 9 heteroatoms. The number of methoxy groups -OCH3 is 1. The van der Waals surface area contributed by atoms with Crippen LogP contribution < -0.4 is 15.2 Å². The molecule has 1 aromatic carbocycles. The number of hydrogen-bond donors (Lipinski definition) is 1. The van der Waals surface area contributed by atoms with Gasteiger partial charge in [0.1, 0.15) is 17.4 Å². The topological polar surface area (TPSA) is 130 Å². The van der Waals surface area contributed by atoms with Crippen LogP contribution in [0.4, 0.5) is 0 Å². The number of nitrogens with zero attached hydrogens (tertiary/aromatic N) is 1. The Bertz CT molecular complexity index is 960. The summed E-state index contributed by atoms with van der Waals surface area (Å²) in [4.78, 5) is 24.4. The van der Waals surface area contributed by atoms with E-state index in [0.29, 0.717) is 30.1 Å². The van der Waals surface area contributed by atoms with E-state index in [0.717, 1.165) is 0 Å². The number of carbonyl (C=O) groups excluding carboxylic acids is 2. The van der Waals surface area contributed by atoms with E-state index in [9.17, 15) is 14.9 Å². The number of benzene rings is 1. The van der Waals surface area contributed by atoms with Crippen molar-refractivity contribution in [3.63, 3.8) is 0 Å². The summed E-state index contributed by atoms with van der Waals surface area (Å²) in [5, 5.41) is 9.79. The third-order valence-electron chi connectivity index (χ3n) is 4.72. The van der Waals surface area contributed by atoms with Gasteiger partial charge in [-0.1, -0.05) is 12.1 Å². The van der Waals surface area contributed by atoms with Crippen molar-refractivity contribution in [2.45, 2.75) is 39.5 Å². The van der Waals surface area contributed by atoms with Gasteiger partial charge in [-0.15, -0.1) is 0 Å². The Labute approximate surface area is 187 Å². The van der Waals surface area contributed by atoms with Crippen molar-refractivity contribution in [1.82, 2.24) is 0 Å². The Balaban J connectivity index is 2.48. The maximum Gasteiger partial charge on any atom is 0.338 e. The van der Waals surface area contributed by atoms with Crippen molar-refractivity contribution in [2.24, 2.45) is 5.73 Å². The van der Waals surface area contributed by atoms with Crippen molar-refractivity contribution < 1.29 is 33.3 Å². The third kappa shape index (κ3) is 5.52. The van der Waals surface area contributed by atoms with Gasteiger partial charge in [-0.05, 0) is 33.3 Å². The molecule has 1 aromatic rings. The summed E-state index contributed by atoms with van der Waals surface area (Å²) < 4.78 is 27.0. The van der Waals surface area contributed by atoms with Crippen LogP contribution in [0.25, 0.3) is 0 Å². The highest BCUT2D eigenvalue weighted by Crippen LogP contribution is 2.45. The summed E-state index contributed by atoms with van der Waals surface area (Å²) in [6, 6.07) is 7.18. The van der Waals surface area contributed by atoms with Gasteiger partial charge >= 0.3 is 11.9 Å². The van der Waals surface area contributed by atoms with Gasteiger partial charge in [-0.3, -0.25) is 4.79 Å². The van der Waals surface area contributed by atoms with Crippen LogP contribution in [0, 0.1) is 11.3 Å². The molecule has 0 aromatic heterocycles. The monoisotopic (exact) mass is 444 g/mol. The molecule has 1 heterocycles. The smallest absolute Gasteiger partial charge is 0.338 e. The standard InChI is InChI=1S/C23H28N2O7/c1-5-29-18(26)11-8-12-31-21-15(9-7-10-17(21)28-4)20-16(13-24)22(25)32-14(3)19(20)23(27)30-6-2/h7,9-10,20H,5-6,8,11-12,25H2,1-4H3. The minimum atomic E-state index is -0.872. The van der Waals surface area contributed by atoms with E-state index in [-0.39, 0.29) is 48.4 Å². The van der Waals surface area contributed by atoms with Crippen molar-refractivity contribution in [1.29, 1.82) is 5.26 Å². The summed E-state index contributed by atoms with van der Waals surface area (Å²) >= 11 is 0. The SMILES string of the molecule is CCOC(=O)CCCOc1c(OC)cccc1C1C(C#N)=C(N)OC(C)=C1C(=O)OCC. The summed E-state index contributed by atoms with van der Waals surface area (Å²) in [5.74, 6) is -0.927. The number of carbonyl (C=O) groups is 2. The predicted octanol–water partition coefficient (Wildman–Crippen LogP) is 3.06. The van der Waals surface area contributed by atoms with Crippen LogP contribution in [-0.2, 0) is 23.8 Å². The number of ether oxygens (including phenoxy) is 5. The van der Waals surface area contributed by atoms with Crippen molar-refractivity contribution in [3.8, 4) is 17.6 Å². The average Bonchev–Trinajstić information content (AvgIpc) is 2.76. The summed E-state index contributed by atoms with van der Waals surface area (Å²) in [6.45, 7) is 5.66. The van der Waals surface area contributed by atoms with Crippen molar-refractivity contribution >= 4 is 11.9 Å². The zero-order valence-corrected chi connectivity index (χ0v) is 18.7. The lowest BCUT2D eigenvalue weighted by Gasteiger charge is -2.28. The first kappa shape index (κ1) is 24.6. The van der Waals surface area contributed by atoms with Gasteiger partial charge in [0.15, 0.2) is 11.5 Å². The van der Waals surface area contributed by atoms with Crippen LogP contribution in [-0.4, -0.2) is 38.9 Å². The van der Waals surface area contributed by atoms with Crippen LogP contribution in [0.1, 0.15) is 45.1 Å². The maximum absolute atomic E-state index is 12.8. The molecule has 0 bridgehead atoms. The Morgan fingerprint density at radius 2 is 1.94 bits per heavy atom. The highest BCUT2D eigenvalue weighted by molar-refractivity contribution is 5.93. The van der Waals surface area contributed by atoms with E-state index in [1.54, 1.807) is 39.0 Å². The largest absolute Gasteiger partial charge is 0.493 e. The zero-order valence-electron chi connectivity index (χ0n) is 18.7. The normalized spacial score (nSPS) is 15.5. The first-order valence-corrected chi connectivity index (χ1v) is 10.3. The summed E-state index contributed by atoms with van der Waals surface area (Å²) in [6.07, 6.45) is 0.603. The molecule has 2 rings (SSSR count). The third-order valence-corrected chi connectivity index (χ3v) is 4.72. The summed E-state index contributed by atoms with van der Waals surface area (Å²) in [7, 11) is 1.48. The fourth-order valence-electron chi connectivity index (χ4n) is 3.37. The number of nitriles is 1. The second kappa shape index (κ2) is 11.6. The molecule has 1 unspecified atom stereocenters. The highest BCUT2D eigenvalue weighted by atomic mass is 16.5. The van der Waals surface area contributed by atoms with E-state index in [4.69, 9.17) is 29.4 Å². The number of nitrogens with two attached hydrogens (primary N) is 1. The minimum absolute atomic E-state index is 0.0586. The van der Waals surface area contributed by atoms with Gasteiger partial charge in [0.25, 0.3) is 0 Å². The van der Waals surface area contributed by atoms with Crippen LogP contribution in [0.5, 0.6) is 11.5 Å². The molecule has 0 fully saturated rings. The molecule has 0 radical (unpaired) electrons. The van der Waals surface area contributed by atoms with Crippen molar-refractivity contribution in [2.75, 3.05) is 26.9 Å². The lowest BCUT2D eigenvalue weighted by molar-refractivity contribution is -0.143.